The zero-order valence-electron chi connectivity index (χ0n) is 12.0. The van der Waals surface area contributed by atoms with E-state index in [4.69, 9.17) is 10.1 Å². The van der Waals surface area contributed by atoms with Crippen LogP contribution in [0.25, 0.3) is 22.4 Å². The van der Waals surface area contributed by atoms with E-state index in [-0.39, 0.29) is 0 Å². The van der Waals surface area contributed by atoms with Crippen molar-refractivity contribution in [1.82, 2.24) is 24.7 Å². The molecule has 1 fully saturated rings. The summed E-state index contributed by atoms with van der Waals surface area (Å²) in [5.41, 5.74) is 2.96. The Labute approximate surface area is 123 Å². The fraction of sp³-hybridized carbons (Fsp3) is 0.375. The predicted molar refractivity (Wildman–Crippen MR) is 80.8 cm³/mol. The van der Waals surface area contributed by atoms with E-state index in [1.807, 2.05) is 25.3 Å². The lowest BCUT2D eigenvalue weighted by molar-refractivity contribution is 0.476. The summed E-state index contributed by atoms with van der Waals surface area (Å²) in [5.74, 6) is 0.740. The van der Waals surface area contributed by atoms with Crippen LogP contribution in [0, 0.1) is 6.92 Å². The Balaban J connectivity index is 1.87. The average molecular weight is 279 g/mol. The summed E-state index contributed by atoms with van der Waals surface area (Å²) < 4.78 is 2.12. The number of hydrogen-bond acceptors (Lipinski definition) is 4. The molecule has 1 aliphatic carbocycles. The van der Waals surface area contributed by atoms with Crippen molar-refractivity contribution >= 4 is 11.0 Å². The number of pyridine rings is 1. The van der Waals surface area contributed by atoms with Crippen LogP contribution in [0.15, 0.2) is 30.7 Å². The minimum atomic E-state index is 0.487. The normalized spacial score (nSPS) is 15.9. The molecule has 0 radical (unpaired) electrons. The molecule has 0 N–H and O–H groups in total. The van der Waals surface area contributed by atoms with E-state index in [0.717, 1.165) is 28.1 Å². The van der Waals surface area contributed by atoms with E-state index in [9.17, 15) is 0 Å². The van der Waals surface area contributed by atoms with Crippen LogP contribution < -0.4 is 0 Å². The molecule has 4 rings (SSSR count). The molecule has 0 aliphatic heterocycles. The molecule has 0 aromatic carbocycles. The Morgan fingerprint density at radius 3 is 2.67 bits per heavy atom. The molecule has 1 saturated carbocycles. The Hall–Kier alpha value is -2.30. The smallest absolute Gasteiger partial charge is 0.162 e. The standard InChI is InChI=1S/C16H17N5/c1-11-14-10-18-15(12-6-8-17-9-7-12)19-16(14)21(20-11)13-4-2-3-5-13/h6-10,13H,2-5H2,1H3. The van der Waals surface area contributed by atoms with Crippen LogP contribution in [0.5, 0.6) is 0 Å². The van der Waals surface area contributed by atoms with Crippen molar-refractivity contribution in [1.29, 1.82) is 0 Å². The van der Waals surface area contributed by atoms with E-state index in [1.54, 1.807) is 12.4 Å². The van der Waals surface area contributed by atoms with Crippen LogP contribution in [0.2, 0.25) is 0 Å². The monoisotopic (exact) mass is 279 g/mol. The Morgan fingerprint density at radius 2 is 1.90 bits per heavy atom. The first-order valence-electron chi connectivity index (χ1n) is 7.45. The number of aryl methyl sites for hydroxylation is 1. The van der Waals surface area contributed by atoms with Crippen LogP contribution in [0.1, 0.15) is 37.4 Å². The molecule has 3 aromatic rings. The minimum absolute atomic E-state index is 0.487. The number of rotatable bonds is 2. The van der Waals surface area contributed by atoms with Gasteiger partial charge >= 0.3 is 0 Å². The van der Waals surface area contributed by atoms with Crippen molar-refractivity contribution in [2.75, 3.05) is 0 Å². The Bertz CT molecular complexity index is 772. The van der Waals surface area contributed by atoms with Gasteiger partial charge in [-0.2, -0.15) is 5.10 Å². The summed E-state index contributed by atoms with van der Waals surface area (Å²) in [6, 6.07) is 4.36. The molecule has 0 spiro atoms. The third-order valence-electron chi connectivity index (χ3n) is 4.24. The fourth-order valence-electron chi connectivity index (χ4n) is 3.11. The molecule has 0 bridgehead atoms. The van der Waals surface area contributed by atoms with Gasteiger partial charge in [-0.25, -0.2) is 14.6 Å². The summed E-state index contributed by atoms with van der Waals surface area (Å²) in [5, 5.41) is 5.76. The second-order valence-electron chi connectivity index (χ2n) is 5.64. The van der Waals surface area contributed by atoms with E-state index in [1.165, 1.54) is 25.7 Å². The van der Waals surface area contributed by atoms with E-state index < -0.39 is 0 Å². The first kappa shape index (κ1) is 12.4. The van der Waals surface area contributed by atoms with Crippen molar-refractivity contribution in [2.45, 2.75) is 38.6 Å². The highest BCUT2D eigenvalue weighted by molar-refractivity contribution is 5.79. The zero-order chi connectivity index (χ0) is 14.2. The molecule has 5 nitrogen and oxygen atoms in total. The minimum Gasteiger partial charge on any atom is -0.265 e. The lowest BCUT2D eigenvalue weighted by Crippen LogP contribution is -2.07. The second-order valence-corrected chi connectivity index (χ2v) is 5.64. The maximum Gasteiger partial charge on any atom is 0.162 e. The number of aromatic nitrogens is 5. The largest absolute Gasteiger partial charge is 0.265 e. The van der Waals surface area contributed by atoms with Gasteiger partial charge in [0.2, 0.25) is 0 Å². The van der Waals surface area contributed by atoms with Crippen LogP contribution in [0.4, 0.5) is 0 Å². The van der Waals surface area contributed by atoms with E-state index >= 15 is 0 Å². The van der Waals surface area contributed by atoms with Gasteiger partial charge in [0.1, 0.15) is 0 Å². The third kappa shape index (κ3) is 2.09. The lowest BCUT2D eigenvalue weighted by atomic mass is 10.2. The average Bonchev–Trinajstić information content (AvgIpc) is 3.16. The number of nitrogens with zero attached hydrogens (tertiary/aromatic N) is 5. The summed E-state index contributed by atoms with van der Waals surface area (Å²) in [6.45, 7) is 2.03. The molecule has 21 heavy (non-hydrogen) atoms. The quantitative estimate of drug-likeness (QED) is 0.722. The Kier molecular flexibility index (Phi) is 2.91. The van der Waals surface area contributed by atoms with Crippen LogP contribution in [-0.4, -0.2) is 24.7 Å². The molecule has 3 heterocycles. The van der Waals surface area contributed by atoms with Crippen molar-refractivity contribution in [3.8, 4) is 11.4 Å². The lowest BCUT2D eigenvalue weighted by Gasteiger charge is -2.10. The van der Waals surface area contributed by atoms with Gasteiger partial charge in [0.25, 0.3) is 0 Å². The fourth-order valence-corrected chi connectivity index (χ4v) is 3.11. The van der Waals surface area contributed by atoms with Gasteiger partial charge in [-0.3, -0.25) is 4.98 Å². The summed E-state index contributed by atoms with van der Waals surface area (Å²) in [6.07, 6.45) is 10.4. The van der Waals surface area contributed by atoms with Crippen molar-refractivity contribution in [3.05, 3.63) is 36.4 Å². The summed E-state index contributed by atoms with van der Waals surface area (Å²) in [4.78, 5) is 13.3. The van der Waals surface area contributed by atoms with Gasteiger partial charge in [0.15, 0.2) is 11.5 Å². The topological polar surface area (TPSA) is 56.5 Å². The SMILES string of the molecule is Cc1nn(C2CCCC2)c2nc(-c3ccncc3)ncc12. The highest BCUT2D eigenvalue weighted by atomic mass is 15.3. The van der Waals surface area contributed by atoms with Gasteiger partial charge in [-0.05, 0) is 31.9 Å². The first-order chi connectivity index (χ1) is 10.3. The molecular weight excluding hydrogens is 262 g/mol. The molecule has 0 unspecified atom stereocenters. The van der Waals surface area contributed by atoms with Crippen LogP contribution in [-0.2, 0) is 0 Å². The molecule has 0 atom stereocenters. The zero-order valence-corrected chi connectivity index (χ0v) is 12.0. The predicted octanol–water partition coefficient (Wildman–Crippen LogP) is 3.31. The summed E-state index contributed by atoms with van der Waals surface area (Å²) in [7, 11) is 0. The van der Waals surface area contributed by atoms with E-state index in [2.05, 4.69) is 14.6 Å². The highest BCUT2D eigenvalue weighted by Crippen LogP contribution is 2.32. The second kappa shape index (κ2) is 4.91. The van der Waals surface area contributed by atoms with Gasteiger partial charge < -0.3 is 0 Å². The maximum absolute atomic E-state index is 4.77. The molecule has 3 aromatic heterocycles. The molecule has 106 valence electrons. The van der Waals surface area contributed by atoms with Gasteiger partial charge in [-0.1, -0.05) is 12.8 Å². The van der Waals surface area contributed by atoms with Gasteiger partial charge in [-0.15, -0.1) is 0 Å². The van der Waals surface area contributed by atoms with Gasteiger partial charge in [0.05, 0.1) is 17.1 Å². The van der Waals surface area contributed by atoms with Crippen molar-refractivity contribution < 1.29 is 0 Å². The summed E-state index contributed by atoms with van der Waals surface area (Å²) >= 11 is 0. The highest BCUT2D eigenvalue weighted by Gasteiger charge is 2.22. The number of fused-ring (bicyclic) bond motifs is 1. The molecule has 0 amide bonds. The number of hydrogen-bond donors (Lipinski definition) is 0. The molecule has 1 aliphatic rings. The van der Waals surface area contributed by atoms with Gasteiger partial charge in [0, 0.05) is 24.2 Å². The van der Waals surface area contributed by atoms with Crippen LogP contribution >= 0.6 is 0 Å². The third-order valence-corrected chi connectivity index (χ3v) is 4.24. The first-order valence-corrected chi connectivity index (χ1v) is 7.45. The van der Waals surface area contributed by atoms with E-state index in [0.29, 0.717) is 6.04 Å². The van der Waals surface area contributed by atoms with Crippen molar-refractivity contribution in [2.24, 2.45) is 0 Å². The van der Waals surface area contributed by atoms with Crippen molar-refractivity contribution in [3.63, 3.8) is 0 Å². The Morgan fingerprint density at radius 1 is 1.14 bits per heavy atom. The molecule has 5 heteroatoms. The maximum atomic E-state index is 4.77. The molecule has 0 saturated heterocycles. The van der Waals surface area contributed by atoms with Crippen LogP contribution in [0.3, 0.4) is 0 Å². The molecular formula is C16H17N5.